The van der Waals surface area contributed by atoms with Gasteiger partial charge < -0.3 is 4.90 Å². The number of fused-ring (bicyclic) bond motifs is 1. The molecule has 1 aliphatic heterocycles. The van der Waals surface area contributed by atoms with Gasteiger partial charge in [-0.15, -0.1) is 0 Å². The van der Waals surface area contributed by atoms with Crippen LogP contribution in [0, 0.1) is 0 Å². The minimum absolute atomic E-state index is 0.263. The molecule has 0 atom stereocenters. The summed E-state index contributed by atoms with van der Waals surface area (Å²) >= 11 is 0. The molecule has 25 heavy (non-hydrogen) atoms. The summed E-state index contributed by atoms with van der Waals surface area (Å²) in [7, 11) is 0. The Morgan fingerprint density at radius 2 is 1.84 bits per heavy atom. The molecule has 2 nitrogen and oxygen atoms in total. The van der Waals surface area contributed by atoms with Crippen molar-refractivity contribution in [2.24, 2.45) is 0 Å². The SMILES string of the molecule is CCc1cc2c(nc1CC)CCCN2Cc1ccccc1C(F)(F)F. The summed E-state index contributed by atoms with van der Waals surface area (Å²) in [5.41, 5.74) is 4.09. The van der Waals surface area contributed by atoms with Crippen LogP contribution in [0.25, 0.3) is 0 Å². The minimum Gasteiger partial charge on any atom is -0.366 e. The zero-order chi connectivity index (χ0) is 18.0. The predicted molar refractivity (Wildman–Crippen MR) is 93.8 cm³/mol. The van der Waals surface area contributed by atoms with E-state index >= 15 is 0 Å². The lowest BCUT2D eigenvalue weighted by Crippen LogP contribution is -2.31. The molecule has 0 N–H and O–H groups in total. The van der Waals surface area contributed by atoms with Gasteiger partial charge in [-0.3, -0.25) is 4.98 Å². The molecule has 0 radical (unpaired) electrons. The number of alkyl halides is 3. The van der Waals surface area contributed by atoms with Gasteiger partial charge in [0.2, 0.25) is 0 Å². The fourth-order valence-electron chi connectivity index (χ4n) is 3.56. The highest BCUT2D eigenvalue weighted by Gasteiger charge is 2.33. The topological polar surface area (TPSA) is 16.1 Å². The highest BCUT2D eigenvalue weighted by atomic mass is 19.4. The number of benzene rings is 1. The van der Waals surface area contributed by atoms with E-state index in [0.29, 0.717) is 5.56 Å². The van der Waals surface area contributed by atoms with Gasteiger partial charge in [0.25, 0.3) is 0 Å². The summed E-state index contributed by atoms with van der Waals surface area (Å²) in [6, 6.07) is 7.99. The number of halogens is 3. The van der Waals surface area contributed by atoms with Gasteiger partial charge >= 0.3 is 6.18 Å². The smallest absolute Gasteiger partial charge is 0.366 e. The van der Waals surface area contributed by atoms with Crippen molar-refractivity contribution >= 4 is 5.69 Å². The molecule has 1 aromatic heterocycles. The summed E-state index contributed by atoms with van der Waals surface area (Å²) < 4.78 is 39.9. The molecule has 0 saturated heterocycles. The lowest BCUT2D eigenvalue weighted by atomic mass is 10.00. The molecule has 0 fully saturated rings. The van der Waals surface area contributed by atoms with E-state index in [1.54, 1.807) is 12.1 Å². The van der Waals surface area contributed by atoms with Crippen molar-refractivity contribution in [3.05, 3.63) is 58.4 Å². The van der Waals surface area contributed by atoms with Crippen molar-refractivity contribution in [3.8, 4) is 0 Å². The Kier molecular flexibility index (Phi) is 5.02. The Labute approximate surface area is 146 Å². The van der Waals surface area contributed by atoms with Crippen LogP contribution in [0.3, 0.4) is 0 Å². The Morgan fingerprint density at radius 1 is 1.08 bits per heavy atom. The van der Waals surface area contributed by atoms with Gasteiger partial charge in [0.15, 0.2) is 0 Å². The average Bonchev–Trinajstić information content (AvgIpc) is 2.60. The first-order chi connectivity index (χ1) is 11.9. The van der Waals surface area contributed by atoms with Crippen LogP contribution in [-0.2, 0) is 32.0 Å². The van der Waals surface area contributed by atoms with Gasteiger partial charge in [0.05, 0.1) is 16.9 Å². The standard InChI is InChI=1S/C20H23F3N2/c1-3-14-12-19-18(24-17(14)4-2)10-7-11-25(19)13-15-8-5-6-9-16(15)20(21,22)23/h5-6,8-9,12H,3-4,7,10-11,13H2,1-2H3. The minimum atomic E-state index is -4.33. The molecule has 3 rings (SSSR count). The fraction of sp³-hybridized carbons (Fsp3) is 0.450. The van der Waals surface area contributed by atoms with Crippen molar-refractivity contribution in [3.63, 3.8) is 0 Å². The molecule has 1 aromatic carbocycles. The number of rotatable bonds is 4. The van der Waals surface area contributed by atoms with Gasteiger partial charge in [-0.25, -0.2) is 0 Å². The van der Waals surface area contributed by atoms with Crippen LogP contribution in [0.4, 0.5) is 18.9 Å². The summed E-state index contributed by atoms with van der Waals surface area (Å²) in [5, 5.41) is 0. The largest absolute Gasteiger partial charge is 0.416 e. The Balaban J connectivity index is 1.97. The average molecular weight is 348 g/mol. The number of aryl methyl sites for hydroxylation is 3. The Hall–Kier alpha value is -2.04. The van der Waals surface area contributed by atoms with Crippen molar-refractivity contribution < 1.29 is 13.2 Å². The van der Waals surface area contributed by atoms with Gasteiger partial charge in [-0.05, 0) is 48.9 Å². The van der Waals surface area contributed by atoms with Crippen LogP contribution in [0.5, 0.6) is 0 Å². The summed E-state index contributed by atoms with van der Waals surface area (Å²) in [6.45, 7) is 5.21. The van der Waals surface area contributed by atoms with E-state index in [1.165, 1.54) is 11.6 Å². The van der Waals surface area contributed by atoms with Crippen LogP contribution in [0.15, 0.2) is 30.3 Å². The molecule has 5 heteroatoms. The van der Waals surface area contributed by atoms with Crippen LogP contribution in [0.2, 0.25) is 0 Å². The van der Waals surface area contributed by atoms with Crippen molar-refractivity contribution in [1.82, 2.24) is 4.98 Å². The van der Waals surface area contributed by atoms with E-state index < -0.39 is 11.7 Å². The maximum atomic E-state index is 13.3. The maximum Gasteiger partial charge on any atom is 0.416 e. The van der Waals surface area contributed by atoms with Gasteiger partial charge in [0, 0.05) is 18.8 Å². The number of nitrogens with zero attached hydrogens (tertiary/aromatic N) is 2. The number of hydrogen-bond acceptors (Lipinski definition) is 2. The van der Waals surface area contributed by atoms with Gasteiger partial charge in [0.1, 0.15) is 0 Å². The molecule has 2 heterocycles. The first-order valence-electron chi connectivity index (χ1n) is 8.85. The summed E-state index contributed by atoms with van der Waals surface area (Å²) in [6.07, 6.45) is -0.746. The summed E-state index contributed by atoms with van der Waals surface area (Å²) in [5.74, 6) is 0. The summed E-state index contributed by atoms with van der Waals surface area (Å²) in [4.78, 5) is 6.85. The molecule has 0 amide bonds. The predicted octanol–water partition coefficient (Wildman–Crippen LogP) is 5.18. The van der Waals surface area contributed by atoms with E-state index in [2.05, 4.69) is 24.8 Å². The van der Waals surface area contributed by atoms with E-state index in [4.69, 9.17) is 4.98 Å². The molecule has 0 unspecified atom stereocenters. The first-order valence-corrected chi connectivity index (χ1v) is 8.85. The second kappa shape index (κ2) is 7.06. The van der Waals surface area contributed by atoms with Crippen molar-refractivity contribution in [1.29, 1.82) is 0 Å². The Bertz CT molecular complexity index is 753. The molecule has 0 spiro atoms. The number of pyridine rings is 1. The van der Waals surface area contributed by atoms with Gasteiger partial charge in [-0.2, -0.15) is 13.2 Å². The second-order valence-corrected chi connectivity index (χ2v) is 6.45. The lowest BCUT2D eigenvalue weighted by molar-refractivity contribution is -0.138. The highest BCUT2D eigenvalue weighted by Crippen LogP contribution is 2.35. The molecular weight excluding hydrogens is 325 g/mol. The zero-order valence-electron chi connectivity index (χ0n) is 14.7. The van der Waals surface area contributed by atoms with Crippen molar-refractivity contribution in [2.45, 2.75) is 52.3 Å². The number of anilines is 1. The normalized spacial score (nSPS) is 14.5. The Morgan fingerprint density at radius 3 is 2.52 bits per heavy atom. The molecule has 2 aromatic rings. The van der Waals surface area contributed by atoms with Crippen molar-refractivity contribution in [2.75, 3.05) is 11.4 Å². The van der Waals surface area contributed by atoms with Crippen LogP contribution >= 0.6 is 0 Å². The second-order valence-electron chi connectivity index (χ2n) is 6.45. The van der Waals surface area contributed by atoms with E-state index in [1.807, 2.05) is 0 Å². The monoisotopic (exact) mass is 348 g/mol. The third-order valence-electron chi connectivity index (χ3n) is 4.83. The van der Waals surface area contributed by atoms with Crippen LogP contribution in [-0.4, -0.2) is 11.5 Å². The van der Waals surface area contributed by atoms with Crippen LogP contribution in [0.1, 0.15) is 48.3 Å². The van der Waals surface area contributed by atoms with Crippen LogP contribution < -0.4 is 4.90 Å². The first kappa shape index (κ1) is 17.8. The molecule has 0 bridgehead atoms. The maximum absolute atomic E-state index is 13.3. The van der Waals surface area contributed by atoms with E-state index in [0.717, 1.165) is 55.4 Å². The fourth-order valence-corrected chi connectivity index (χ4v) is 3.56. The zero-order valence-corrected chi connectivity index (χ0v) is 14.7. The number of aromatic nitrogens is 1. The molecule has 134 valence electrons. The number of hydrogen-bond donors (Lipinski definition) is 0. The lowest BCUT2D eigenvalue weighted by Gasteiger charge is -2.32. The molecule has 0 aliphatic carbocycles. The van der Waals surface area contributed by atoms with E-state index in [-0.39, 0.29) is 6.54 Å². The quantitative estimate of drug-likeness (QED) is 0.757. The molecular formula is C20H23F3N2. The molecule has 0 saturated carbocycles. The van der Waals surface area contributed by atoms with Gasteiger partial charge in [-0.1, -0.05) is 32.0 Å². The third kappa shape index (κ3) is 3.65. The third-order valence-corrected chi connectivity index (χ3v) is 4.83. The highest BCUT2D eigenvalue weighted by molar-refractivity contribution is 5.56. The van der Waals surface area contributed by atoms with E-state index in [9.17, 15) is 13.2 Å². The molecule has 1 aliphatic rings.